The van der Waals surface area contributed by atoms with Gasteiger partial charge >= 0.3 is 0 Å². The van der Waals surface area contributed by atoms with E-state index in [4.69, 9.17) is 0 Å². The largest absolute Gasteiger partial charge is 0.306 e. The lowest BCUT2D eigenvalue weighted by Gasteiger charge is -2.04. The Morgan fingerprint density at radius 1 is 1.38 bits per heavy atom. The van der Waals surface area contributed by atoms with Crippen molar-refractivity contribution in [3.8, 4) is 0 Å². The fourth-order valence-electron chi connectivity index (χ4n) is 1.37. The zero-order valence-electron chi connectivity index (χ0n) is 9.02. The van der Waals surface area contributed by atoms with Crippen LogP contribution in [0.5, 0.6) is 0 Å². The van der Waals surface area contributed by atoms with Gasteiger partial charge in [0.2, 0.25) is 0 Å². The molecule has 0 spiro atoms. The molecule has 2 aromatic heterocycles. The predicted octanol–water partition coefficient (Wildman–Crippen LogP) is 2.41. The van der Waals surface area contributed by atoms with Crippen LogP contribution in [0.25, 0.3) is 0 Å². The van der Waals surface area contributed by atoms with Gasteiger partial charge in [0.15, 0.2) is 0 Å². The second-order valence-corrected chi connectivity index (χ2v) is 4.32. The van der Waals surface area contributed by atoms with Gasteiger partial charge in [-0.15, -0.1) is 11.3 Å². The summed E-state index contributed by atoms with van der Waals surface area (Å²) in [6, 6.07) is 5.37. The first-order chi connectivity index (χ1) is 7.65. The number of aromatic nitrogens is 2. The summed E-state index contributed by atoms with van der Waals surface area (Å²) in [5.41, 5.74) is 0.842. The van der Waals surface area contributed by atoms with E-state index in [1.54, 1.807) is 19.1 Å². The minimum atomic E-state index is -0.132. The van der Waals surface area contributed by atoms with E-state index in [1.807, 2.05) is 18.4 Å². The molecular weight excluding hydrogens is 222 g/mol. The monoisotopic (exact) mass is 233 g/mol. The number of nitrogens with one attached hydrogen (secondary N) is 1. The van der Waals surface area contributed by atoms with Crippen LogP contribution in [-0.2, 0) is 0 Å². The van der Waals surface area contributed by atoms with Gasteiger partial charge in [0.25, 0.3) is 5.91 Å². The highest BCUT2D eigenvalue weighted by atomic mass is 32.1. The van der Waals surface area contributed by atoms with Crippen LogP contribution in [0.3, 0.4) is 0 Å². The van der Waals surface area contributed by atoms with Crippen molar-refractivity contribution in [1.82, 2.24) is 9.97 Å². The number of carbonyl (C=O) groups is 1. The number of carbonyl (C=O) groups excluding carboxylic acids is 1. The summed E-state index contributed by atoms with van der Waals surface area (Å²) in [5.74, 6) is 1.07. The van der Waals surface area contributed by atoms with Crippen LogP contribution in [0.4, 0.5) is 5.82 Å². The van der Waals surface area contributed by atoms with Gasteiger partial charge in [-0.1, -0.05) is 6.07 Å². The molecule has 16 heavy (non-hydrogen) atoms. The van der Waals surface area contributed by atoms with E-state index in [0.717, 1.165) is 5.69 Å². The molecule has 5 heteroatoms. The minimum Gasteiger partial charge on any atom is -0.306 e. The van der Waals surface area contributed by atoms with Crippen LogP contribution in [0, 0.1) is 13.8 Å². The van der Waals surface area contributed by atoms with Crippen molar-refractivity contribution in [1.29, 1.82) is 0 Å². The van der Waals surface area contributed by atoms with Crippen molar-refractivity contribution in [3.63, 3.8) is 0 Å². The van der Waals surface area contributed by atoms with E-state index < -0.39 is 0 Å². The number of thiophene rings is 1. The second-order valence-electron chi connectivity index (χ2n) is 3.37. The Morgan fingerprint density at radius 3 is 2.81 bits per heavy atom. The number of anilines is 1. The fraction of sp³-hybridized carbons (Fsp3) is 0.182. The Morgan fingerprint density at radius 2 is 2.19 bits per heavy atom. The molecular formula is C11H11N3OS. The molecule has 0 fully saturated rings. The number of hydrogen-bond acceptors (Lipinski definition) is 4. The Bertz CT molecular complexity index is 488. The molecule has 2 aromatic rings. The molecule has 0 aliphatic rings. The van der Waals surface area contributed by atoms with Crippen LogP contribution < -0.4 is 5.32 Å². The minimum absolute atomic E-state index is 0.132. The fourth-order valence-corrected chi connectivity index (χ4v) is 1.99. The molecule has 4 nitrogen and oxygen atoms in total. The Balaban J connectivity index is 2.18. The van der Waals surface area contributed by atoms with Crippen molar-refractivity contribution in [2.45, 2.75) is 13.8 Å². The second kappa shape index (κ2) is 4.40. The van der Waals surface area contributed by atoms with Crippen LogP contribution >= 0.6 is 11.3 Å². The topological polar surface area (TPSA) is 54.9 Å². The van der Waals surface area contributed by atoms with Gasteiger partial charge in [-0.3, -0.25) is 4.79 Å². The van der Waals surface area contributed by atoms with Gasteiger partial charge in [-0.05, 0) is 25.3 Å². The van der Waals surface area contributed by atoms with Gasteiger partial charge in [-0.2, -0.15) is 0 Å². The Labute approximate surface area is 97.4 Å². The molecule has 0 aliphatic heterocycles. The van der Waals surface area contributed by atoms with Gasteiger partial charge in [-0.25, -0.2) is 9.97 Å². The first kappa shape index (κ1) is 10.8. The summed E-state index contributed by atoms with van der Waals surface area (Å²) >= 11 is 1.40. The van der Waals surface area contributed by atoms with Crippen molar-refractivity contribution >= 4 is 23.1 Å². The molecule has 0 aliphatic carbocycles. The maximum Gasteiger partial charge on any atom is 0.266 e. The normalized spacial score (nSPS) is 10.1. The standard InChI is InChI=1S/C11H11N3OS/c1-7-6-10(13-8(2)12-7)14-11(15)9-4-3-5-16-9/h3-6H,1-2H3,(H,12,13,14,15). The van der Waals surface area contributed by atoms with Crippen molar-refractivity contribution in [2.75, 3.05) is 5.32 Å². The van der Waals surface area contributed by atoms with E-state index in [-0.39, 0.29) is 5.91 Å². The highest BCUT2D eigenvalue weighted by molar-refractivity contribution is 7.12. The highest BCUT2D eigenvalue weighted by Gasteiger charge is 2.08. The summed E-state index contributed by atoms with van der Waals surface area (Å²) in [6.45, 7) is 3.67. The van der Waals surface area contributed by atoms with E-state index in [9.17, 15) is 4.79 Å². The summed E-state index contributed by atoms with van der Waals surface area (Å²) in [5, 5.41) is 4.61. The lowest BCUT2D eigenvalue weighted by atomic mass is 10.4. The van der Waals surface area contributed by atoms with Crippen molar-refractivity contribution in [3.05, 3.63) is 40.0 Å². The maximum atomic E-state index is 11.7. The quantitative estimate of drug-likeness (QED) is 0.866. The zero-order chi connectivity index (χ0) is 11.5. The molecule has 0 atom stereocenters. The number of aryl methyl sites for hydroxylation is 2. The Hall–Kier alpha value is -1.75. The number of rotatable bonds is 2. The van der Waals surface area contributed by atoms with Crippen LogP contribution in [0.15, 0.2) is 23.6 Å². The SMILES string of the molecule is Cc1cc(NC(=O)c2cccs2)nc(C)n1. The van der Waals surface area contributed by atoms with E-state index in [0.29, 0.717) is 16.5 Å². The zero-order valence-corrected chi connectivity index (χ0v) is 9.84. The van der Waals surface area contributed by atoms with Crippen LogP contribution in [0.1, 0.15) is 21.2 Å². The Kier molecular flexibility index (Phi) is 2.96. The van der Waals surface area contributed by atoms with Gasteiger partial charge in [0, 0.05) is 11.8 Å². The smallest absolute Gasteiger partial charge is 0.266 e. The summed E-state index contributed by atoms with van der Waals surface area (Å²) < 4.78 is 0. The average Bonchev–Trinajstić information content (AvgIpc) is 2.68. The van der Waals surface area contributed by atoms with Gasteiger partial charge < -0.3 is 5.32 Å². The molecule has 0 saturated heterocycles. The van der Waals surface area contributed by atoms with Gasteiger partial charge in [0.1, 0.15) is 11.6 Å². The lowest BCUT2D eigenvalue weighted by Crippen LogP contribution is -2.12. The maximum absolute atomic E-state index is 11.7. The molecule has 0 aromatic carbocycles. The third-order valence-corrected chi connectivity index (χ3v) is 2.82. The molecule has 0 saturated carbocycles. The number of amides is 1. The molecule has 2 heterocycles. The molecule has 1 N–H and O–H groups in total. The van der Waals surface area contributed by atoms with Crippen molar-refractivity contribution < 1.29 is 4.79 Å². The van der Waals surface area contributed by atoms with Crippen LogP contribution in [-0.4, -0.2) is 15.9 Å². The molecule has 0 radical (unpaired) electrons. The van der Waals surface area contributed by atoms with E-state index in [2.05, 4.69) is 15.3 Å². The van der Waals surface area contributed by atoms with E-state index >= 15 is 0 Å². The molecule has 0 unspecified atom stereocenters. The highest BCUT2D eigenvalue weighted by Crippen LogP contribution is 2.12. The first-order valence-corrected chi connectivity index (χ1v) is 5.70. The van der Waals surface area contributed by atoms with Crippen molar-refractivity contribution in [2.24, 2.45) is 0 Å². The molecule has 1 amide bonds. The number of nitrogens with zero attached hydrogens (tertiary/aromatic N) is 2. The number of hydrogen-bond donors (Lipinski definition) is 1. The summed E-state index contributed by atoms with van der Waals surface area (Å²) in [7, 11) is 0. The lowest BCUT2D eigenvalue weighted by molar-refractivity contribution is 0.103. The van der Waals surface area contributed by atoms with E-state index in [1.165, 1.54) is 11.3 Å². The first-order valence-electron chi connectivity index (χ1n) is 4.82. The third kappa shape index (κ3) is 2.43. The molecule has 82 valence electrons. The molecule has 0 bridgehead atoms. The summed E-state index contributed by atoms with van der Waals surface area (Å²) in [4.78, 5) is 20.7. The average molecular weight is 233 g/mol. The van der Waals surface area contributed by atoms with Gasteiger partial charge in [0.05, 0.1) is 4.88 Å². The predicted molar refractivity (Wildman–Crippen MR) is 63.8 cm³/mol. The molecule has 2 rings (SSSR count). The summed E-state index contributed by atoms with van der Waals surface area (Å²) in [6.07, 6.45) is 0. The van der Waals surface area contributed by atoms with Crippen LogP contribution in [0.2, 0.25) is 0 Å². The third-order valence-electron chi connectivity index (χ3n) is 1.95.